The Morgan fingerprint density at radius 3 is 2.32 bits per heavy atom. The molecule has 3 rings (SSSR count). The second-order valence-corrected chi connectivity index (χ2v) is 7.37. The maximum atomic E-state index is 13.1. The summed E-state index contributed by atoms with van der Waals surface area (Å²) in [5.74, 6) is -0.231. The van der Waals surface area contributed by atoms with E-state index in [0.717, 1.165) is 17.7 Å². The number of benzene rings is 2. The van der Waals surface area contributed by atoms with Crippen molar-refractivity contribution in [2.75, 3.05) is 11.9 Å². The van der Waals surface area contributed by atoms with Crippen molar-refractivity contribution in [2.45, 2.75) is 23.8 Å². The minimum atomic E-state index is -3.94. The van der Waals surface area contributed by atoms with Crippen LogP contribution in [0.4, 0.5) is 10.3 Å². The zero-order valence-corrected chi connectivity index (χ0v) is 14.6. The molecule has 0 fully saturated rings. The molecule has 1 N–H and O–H groups in total. The minimum absolute atomic E-state index is 0.0446. The SMILES string of the molecule is CCNc1oc(-c2ccc(C)cc2)nc1S(=O)(=O)c1ccc(F)cc1. The molecule has 2 aromatic carbocycles. The molecule has 0 spiro atoms. The number of nitrogens with zero attached hydrogens (tertiary/aromatic N) is 1. The smallest absolute Gasteiger partial charge is 0.233 e. The summed E-state index contributed by atoms with van der Waals surface area (Å²) in [5.41, 5.74) is 1.74. The highest BCUT2D eigenvalue weighted by Crippen LogP contribution is 2.32. The van der Waals surface area contributed by atoms with Crippen LogP contribution in [0.3, 0.4) is 0 Å². The molecule has 0 aliphatic rings. The van der Waals surface area contributed by atoms with Crippen molar-refractivity contribution >= 4 is 15.7 Å². The summed E-state index contributed by atoms with van der Waals surface area (Å²) in [6.07, 6.45) is 0. The van der Waals surface area contributed by atoms with Gasteiger partial charge in [0, 0.05) is 12.1 Å². The molecule has 3 aromatic rings. The summed E-state index contributed by atoms with van der Waals surface area (Å²) in [6, 6.07) is 12.0. The Labute approximate surface area is 145 Å². The number of aromatic nitrogens is 1. The highest BCUT2D eigenvalue weighted by Gasteiger charge is 2.28. The first-order valence-electron chi connectivity index (χ1n) is 7.74. The van der Waals surface area contributed by atoms with Gasteiger partial charge in [0.2, 0.25) is 26.6 Å². The lowest BCUT2D eigenvalue weighted by Gasteiger charge is -2.04. The van der Waals surface area contributed by atoms with Crippen LogP contribution in [0.15, 0.2) is 62.9 Å². The molecule has 0 unspecified atom stereocenters. The Morgan fingerprint density at radius 1 is 1.08 bits per heavy atom. The summed E-state index contributed by atoms with van der Waals surface area (Å²) in [6.45, 7) is 4.24. The van der Waals surface area contributed by atoms with Gasteiger partial charge in [0.15, 0.2) is 0 Å². The summed E-state index contributed by atoms with van der Waals surface area (Å²) in [5, 5.41) is 2.67. The van der Waals surface area contributed by atoms with Crippen molar-refractivity contribution in [2.24, 2.45) is 0 Å². The fraction of sp³-hybridized carbons (Fsp3) is 0.167. The molecule has 0 aliphatic heterocycles. The topological polar surface area (TPSA) is 72.2 Å². The van der Waals surface area contributed by atoms with Crippen LogP contribution >= 0.6 is 0 Å². The fourth-order valence-corrected chi connectivity index (χ4v) is 3.58. The number of halogens is 1. The second kappa shape index (κ2) is 6.68. The molecule has 0 saturated carbocycles. The Morgan fingerprint density at radius 2 is 1.72 bits per heavy atom. The number of nitrogens with one attached hydrogen (secondary N) is 1. The van der Waals surface area contributed by atoms with E-state index in [4.69, 9.17) is 4.42 Å². The highest BCUT2D eigenvalue weighted by atomic mass is 32.2. The maximum Gasteiger partial charge on any atom is 0.233 e. The van der Waals surface area contributed by atoms with Gasteiger partial charge in [0.05, 0.1) is 4.90 Å². The molecule has 7 heteroatoms. The predicted molar refractivity (Wildman–Crippen MR) is 92.7 cm³/mol. The number of sulfone groups is 1. The largest absolute Gasteiger partial charge is 0.419 e. The zero-order valence-electron chi connectivity index (χ0n) is 13.8. The van der Waals surface area contributed by atoms with Crippen LogP contribution in [0.25, 0.3) is 11.5 Å². The first-order chi connectivity index (χ1) is 11.9. The summed E-state index contributed by atoms with van der Waals surface area (Å²) >= 11 is 0. The molecule has 1 aromatic heterocycles. The molecule has 5 nitrogen and oxygen atoms in total. The molecule has 0 bridgehead atoms. The second-order valence-electron chi connectivity index (χ2n) is 5.51. The Bertz CT molecular complexity index is 978. The van der Waals surface area contributed by atoms with Gasteiger partial charge in [0.25, 0.3) is 0 Å². The lowest BCUT2D eigenvalue weighted by molar-refractivity contribution is 0.578. The Kier molecular flexibility index (Phi) is 4.59. The molecule has 25 heavy (non-hydrogen) atoms. The van der Waals surface area contributed by atoms with Crippen LogP contribution in [0.1, 0.15) is 12.5 Å². The van der Waals surface area contributed by atoms with Gasteiger partial charge < -0.3 is 9.73 Å². The van der Waals surface area contributed by atoms with Crippen molar-refractivity contribution in [3.8, 4) is 11.5 Å². The van der Waals surface area contributed by atoms with Gasteiger partial charge in [-0.1, -0.05) is 17.7 Å². The third-order valence-electron chi connectivity index (χ3n) is 3.61. The van der Waals surface area contributed by atoms with Crippen molar-refractivity contribution in [3.05, 3.63) is 59.9 Å². The van der Waals surface area contributed by atoms with E-state index in [1.807, 2.05) is 38.1 Å². The molecule has 0 radical (unpaired) electrons. The van der Waals surface area contributed by atoms with Crippen LogP contribution in [-0.2, 0) is 9.84 Å². The standard InChI is InChI=1S/C18H17FN2O3S/c1-3-20-17-18(25(22,23)15-10-8-14(19)9-11-15)21-16(24-17)13-6-4-12(2)5-7-13/h4-11,20H,3H2,1-2H3. The summed E-state index contributed by atoms with van der Waals surface area (Å²) in [7, 11) is -3.94. The van der Waals surface area contributed by atoms with E-state index in [9.17, 15) is 12.8 Å². The predicted octanol–water partition coefficient (Wildman–Crippen LogP) is 4.05. The molecular formula is C18H17FN2O3S. The third kappa shape index (κ3) is 3.41. The highest BCUT2D eigenvalue weighted by molar-refractivity contribution is 7.91. The fourth-order valence-electron chi connectivity index (χ4n) is 2.31. The van der Waals surface area contributed by atoms with Gasteiger partial charge in [-0.05, 0) is 50.2 Å². The number of hydrogen-bond acceptors (Lipinski definition) is 5. The van der Waals surface area contributed by atoms with Crippen molar-refractivity contribution in [1.82, 2.24) is 4.98 Å². The van der Waals surface area contributed by atoms with Crippen LogP contribution < -0.4 is 5.32 Å². The molecular weight excluding hydrogens is 343 g/mol. The van der Waals surface area contributed by atoms with Gasteiger partial charge >= 0.3 is 0 Å². The van der Waals surface area contributed by atoms with E-state index in [1.54, 1.807) is 0 Å². The van der Waals surface area contributed by atoms with E-state index in [1.165, 1.54) is 12.1 Å². The first kappa shape index (κ1) is 17.2. The van der Waals surface area contributed by atoms with Gasteiger partial charge in [-0.25, -0.2) is 12.8 Å². The van der Waals surface area contributed by atoms with Gasteiger partial charge in [0.1, 0.15) is 5.82 Å². The van der Waals surface area contributed by atoms with Crippen molar-refractivity contribution in [3.63, 3.8) is 0 Å². The van der Waals surface area contributed by atoms with E-state index in [-0.39, 0.29) is 21.7 Å². The van der Waals surface area contributed by atoms with E-state index < -0.39 is 15.7 Å². The maximum absolute atomic E-state index is 13.1. The third-order valence-corrected chi connectivity index (χ3v) is 5.29. The average molecular weight is 360 g/mol. The van der Waals surface area contributed by atoms with Gasteiger partial charge in [-0.3, -0.25) is 0 Å². The number of rotatable bonds is 5. The van der Waals surface area contributed by atoms with E-state index >= 15 is 0 Å². The normalized spacial score (nSPS) is 11.5. The van der Waals surface area contributed by atoms with E-state index in [2.05, 4.69) is 10.3 Å². The molecule has 0 atom stereocenters. The van der Waals surface area contributed by atoms with Crippen LogP contribution in [-0.4, -0.2) is 19.9 Å². The van der Waals surface area contributed by atoms with Crippen molar-refractivity contribution < 1.29 is 17.2 Å². The van der Waals surface area contributed by atoms with E-state index in [0.29, 0.717) is 12.1 Å². The zero-order chi connectivity index (χ0) is 18.0. The molecule has 0 aliphatic carbocycles. The van der Waals surface area contributed by atoms with Crippen LogP contribution in [0, 0.1) is 12.7 Å². The van der Waals surface area contributed by atoms with Gasteiger partial charge in [-0.2, -0.15) is 4.98 Å². The number of aryl methyl sites for hydroxylation is 1. The molecule has 1 heterocycles. The molecule has 0 amide bonds. The Hall–Kier alpha value is -2.67. The minimum Gasteiger partial charge on any atom is -0.419 e. The number of oxazole rings is 1. The van der Waals surface area contributed by atoms with Crippen LogP contribution in [0.5, 0.6) is 0 Å². The molecule has 130 valence electrons. The average Bonchev–Trinajstić information content (AvgIpc) is 3.01. The van der Waals surface area contributed by atoms with Crippen molar-refractivity contribution in [1.29, 1.82) is 0 Å². The van der Waals surface area contributed by atoms with Crippen LogP contribution in [0.2, 0.25) is 0 Å². The van der Waals surface area contributed by atoms with Gasteiger partial charge in [-0.15, -0.1) is 0 Å². The monoisotopic (exact) mass is 360 g/mol. The number of anilines is 1. The quantitative estimate of drug-likeness (QED) is 0.695. The molecule has 0 saturated heterocycles. The summed E-state index contributed by atoms with van der Waals surface area (Å²) < 4.78 is 44.4. The lowest BCUT2D eigenvalue weighted by atomic mass is 10.1. The Balaban J connectivity index is 2.11. The summed E-state index contributed by atoms with van der Waals surface area (Å²) in [4.78, 5) is 4.14. The first-order valence-corrected chi connectivity index (χ1v) is 9.22. The number of hydrogen-bond donors (Lipinski definition) is 1. The lowest BCUT2D eigenvalue weighted by Crippen LogP contribution is -2.07.